The highest BCUT2D eigenvalue weighted by molar-refractivity contribution is 6.09. The van der Waals surface area contributed by atoms with E-state index in [4.69, 9.17) is 9.26 Å². The molecular formula is C24H24N6O3. The highest BCUT2D eigenvalue weighted by atomic mass is 16.5. The Morgan fingerprint density at radius 3 is 2.30 bits per heavy atom. The Hall–Kier alpha value is -4.27. The van der Waals surface area contributed by atoms with Crippen LogP contribution in [0.25, 0.3) is 22.5 Å². The number of aromatic nitrogens is 4. The number of amides is 1. The number of ether oxygens (including phenoxy) is 1. The molecule has 33 heavy (non-hydrogen) atoms. The lowest BCUT2D eigenvalue weighted by atomic mass is 10.1. The summed E-state index contributed by atoms with van der Waals surface area (Å²) in [6.07, 6.45) is 0. The lowest BCUT2D eigenvalue weighted by molar-refractivity contribution is 0.102. The first-order valence-electron chi connectivity index (χ1n) is 10.3. The van der Waals surface area contributed by atoms with Gasteiger partial charge in [-0.25, -0.2) is 15.0 Å². The van der Waals surface area contributed by atoms with Gasteiger partial charge < -0.3 is 19.9 Å². The maximum atomic E-state index is 13.2. The molecule has 0 spiro atoms. The van der Waals surface area contributed by atoms with Crippen molar-refractivity contribution < 1.29 is 14.1 Å². The molecule has 9 heteroatoms. The van der Waals surface area contributed by atoms with E-state index in [9.17, 15) is 4.79 Å². The van der Waals surface area contributed by atoms with Gasteiger partial charge in [-0.1, -0.05) is 35.5 Å². The number of carbonyl (C=O) groups is 1. The number of aryl methyl sites for hydroxylation is 3. The molecule has 2 N–H and O–H groups in total. The third-order valence-corrected chi connectivity index (χ3v) is 5.19. The van der Waals surface area contributed by atoms with Crippen molar-refractivity contribution in [1.29, 1.82) is 0 Å². The van der Waals surface area contributed by atoms with Crippen molar-refractivity contribution in [2.45, 2.75) is 20.8 Å². The van der Waals surface area contributed by atoms with Gasteiger partial charge in [0.25, 0.3) is 5.91 Å². The van der Waals surface area contributed by atoms with E-state index < -0.39 is 0 Å². The van der Waals surface area contributed by atoms with Crippen molar-refractivity contribution in [2.24, 2.45) is 0 Å². The Morgan fingerprint density at radius 2 is 1.67 bits per heavy atom. The van der Waals surface area contributed by atoms with Gasteiger partial charge in [-0.15, -0.1) is 0 Å². The van der Waals surface area contributed by atoms with Crippen LogP contribution in [0.5, 0.6) is 5.88 Å². The Labute approximate surface area is 191 Å². The van der Waals surface area contributed by atoms with Crippen LogP contribution in [-0.4, -0.2) is 40.2 Å². The second-order valence-corrected chi connectivity index (χ2v) is 7.38. The second-order valence-electron chi connectivity index (χ2n) is 7.38. The van der Waals surface area contributed by atoms with Crippen molar-refractivity contribution in [1.82, 2.24) is 20.1 Å². The van der Waals surface area contributed by atoms with E-state index in [1.165, 1.54) is 7.11 Å². The number of nitrogens with zero attached hydrogens (tertiary/aromatic N) is 4. The maximum absolute atomic E-state index is 13.2. The van der Waals surface area contributed by atoms with Crippen LogP contribution in [0.15, 0.2) is 47.0 Å². The van der Waals surface area contributed by atoms with E-state index in [2.05, 4.69) is 30.7 Å². The number of hydrogen-bond donors (Lipinski definition) is 2. The number of hydrogen-bond acceptors (Lipinski definition) is 8. The molecule has 1 amide bonds. The maximum Gasteiger partial charge on any atom is 0.261 e. The Bertz CT molecular complexity index is 1290. The molecule has 1 aromatic carbocycles. The van der Waals surface area contributed by atoms with Crippen LogP contribution in [0.3, 0.4) is 0 Å². The van der Waals surface area contributed by atoms with E-state index in [-0.39, 0.29) is 11.8 Å². The van der Waals surface area contributed by atoms with Crippen molar-refractivity contribution in [3.63, 3.8) is 0 Å². The van der Waals surface area contributed by atoms with Gasteiger partial charge in [-0.3, -0.25) is 4.79 Å². The topological polar surface area (TPSA) is 115 Å². The smallest absolute Gasteiger partial charge is 0.261 e. The molecule has 3 aromatic heterocycles. The van der Waals surface area contributed by atoms with E-state index in [0.717, 1.165) is 22.5 Å². The van der Waals surface area contributed by atoms with Gasteiger partial charge in [0.15, 0.2) is 0 Å². The summed E-state index contributed by atoms with van der Waals surface area (Å²) in [6, 6.07) is 12.9. The number of rotatable bonds is 6. The summed E-state index contributed by atoms with van der Waals surface area (Å²) in [5, 5.41) is 9.90. The van der Waals surface area contributed by atoms with E-state index >= 15 is 0 Å². The number of methoxy groups -OCH3 is 1. The lowest BCUT2D eigenvalue weighted by Crippen LogP contribution is -2.15. The number of carbonyl (C=O) groups excluding carboxylic acids is 1. The molecule has 3 heterocycles. The predicted molar refractivity (Wildman–Crippen MR) is 125 cm³/mol. The zero-order valence-electron chi connectivity index (χ0n) is 19.1. The minimum absolute atomic E-state index is 0.271. The predicted octanol–water partition coefficient (Wildman–Crippen LogP) is 4.42. The van der Waals surface area contributed by atoms with Crippen LogP contribution in [0, 0.1) is 20.8 Å². The fourth-order valence-electron chi connectivity index (χ4n) is 3.65. The molecule has 0 aliphatic carbocycles. The standard InChI is InChI=1S/C24H24N6O3/c1-13-19(14(2)27-24(25-4)26-13)17-11-12-18(23(29-17)32-5)28-22(31)20-15(3)33-30-21(20)16-9-7-6-8-10-16/h6-12H,1-5H3,(H,28,31)(H,25,26,27). The summed E-state index contributed by atoms with van der Waals surface area (Å²) in [5.74, 6) is 0.869. The first-order valence-corrected chi connectivity index (χ1v) is 10.3. The highest BCUT2D eigenvalue weighted by Gasteiger charge is 2.23. The van der Waals surface area contributed by atoms with Crippen molar-refractivity contribution in [3.8, 4) is 28.4 Å². The molecule has 0 fully saturated rings. The average molecular weight is 444 g/mol. The molecule has 9 nitrogen and oxygen atoms in total. The van der Waals surface area contributed by atoms with Crippen LogP contribution in [-0.2, 0) is 0 Å². The van der Waals surface area contributed by atoms with Gasteiger partial charge in [-0.05, 0) is 32.9 Å². The Morgan fingerprint density at radius 1 is 0.970 bits per heavy atom. The normalized spacial score (nSPS) is 10.7. The highest BCUT2D eigenvalue weighted by Crippen LogP contribution is 2.32. The Balaban J connectivity index is 1.67. The van der Waals surface area contributed by atoms with Crippen LogP contribution < -0.4 is 15.4 Å². The first-order chi connectivity index (χ1) is 15.9. The number of anilines is 2. The lowest BCUT2D eigenvalue weighted by Gasteiger charge is -2.14. The third kappa shape index (κ3) is 4.25. The minimum Gasteiger partial charge on any atom is -0.479 e. The van der Waals surface area contributed by atoms with Crippen molar-refractivity contribution in [2.75, 3.05) is 24.8 Å². The zero-order chi connectivity index (χ0) is 23.5. The molecule has 0 unspecified atom stereocenters. The number of benzene rings is 1. The van der Waals surface area contributed by atoms with E-state index in [1.54, 1.807) is 26.1 Å². The Kier molecular flexibility index (Phi) is 6.03. The molecule has 0 saturated heterocycles. The first kappa shape index (κ1) is 21.9. The molecule has 4 rings (SSSR count). The van der Waals surface area contributed by atoms with Gasteiger partial charge >= 0.3 is 0 Å². The van der Waals surface area contributed by atoms with Crippen molar-refractivity contribution in [3.05, 3.63) is 65.2 Å². The minimum atomic E-state index is -0.366. The quantitative estimate of drug-likeness (QED) is 0.449. The summed E-state index contributed by atoms with van der Waals surface area (Å²) < 4.78 is 10.8. The molecule has 0 radical (unpaired) electrons. The van der Waals surface area contributed by atoms with Gasteiger partial charge in [0, 0.05) is 18.2 Å². The van der Waals surface area contributed by atoms with Crippen LogP contribution in [0.2, 0.25) is 0 Å². The average Bonchev–Trinajstić information content (AvgIpc) is 3.21. The van der Waals surface area contributed by atoms with E-state index in [1.807, 2.05) is 44.2 Å². The molecule has 0 aliphatic heterocycles. The summed E-state index contributed by atoms with van der Waals surface area (Å²) >= 11 is 0. The molecule has 0 aliphatic rings. The summed E-state index contributed by atoms with van der Waals surface area (Å²) in [4.78, 5) is 26.7. The molecule has 4 aromatic rings. The monoisotopic (exact) mass is 444 g/mol. The molecule has 0 bridgehead atoms. The summed E-state index contributed by atoms with van der Waals surface area (Å²) in [7, 11) is 3.27. The SMILES string of the molecule is CNc1nc(C)c(-c2ccc(NC(=O)c3c(-c4ccccc4)noc3C)c(OC)n2)c(C)n1. The third-order valence-electron chi connectivity index (χ3n) is 5.19. The fourth-order valence-corrected chi connectivity index (χ4v) is 3.65. The summed E-state index contributed by atoms with van der Waals surface area (Å²) in [6.45, 7) is 5.50. The van der Waals surface area contributed by atoms with Gasteiger partial charge in [0.2, 0.25) is 11.8 Å². The van der Waals surface area contributed by atoms with Crippen LogP contribution in [0.1, 0.15) is 27.5 Å². The molecule has 168 valence electrons. The van der Waals surface area contributed by atoms with Crippen LogP contribution >= 0.6 is 0 Å². The second kappa shape index (κ2) is 9.07. The fraction of sp³-hybridized carbons (Fsp3) is 0.208. The van der Waals surface area contributed by atoms with Crippen LogP contribution in [0.4, 0.5) is 11.6 Å². The van der Waals surface area contributed by atoms with Crippen molar-refractivity contribution >= 4 is 17.5 Å². The molecule has 0 atom stereocenters. The summed E-state index contributed by atoms with van der Waals surface area (Å²) in [5.41, 5.74) is 5.07. The van der Waals surface area contributed by atoms with Gasteiger partial charge in [0.05, 0.1) is 24.2 Å². The van der Waals surface area contributed by atoms with E-state index in [0.29, 0.717) is 34.3 Å². The van der Waals surface area contributed by atoms with Gasteiger partial charge in [-0.2, -0.15) is 0 Å². The largest absolute Gasteiger partial charge is 0.479 e. The molecular weight excluding hydrogens is 420 g/mol. The number of nitrogens with one attached hydrogen (secondary N) is 2. The van der Waals surface area contributed by atoms with Gasteiger partial charge in [0.1, 0.15) is 22.7 Å². The zero-order valence-corrected chi connectivity index (χ0v) is 19.1. The number of pyridine rings is 1. The molecule has 0 saturated carbocycles.